The third kappa shape index (κ3) is 5.00. The summed E-state index contributed by atoms with van der Waals surface area (Å²) in [5.74, 6) is 2.18. The molecule has 2 aromatic rings. The molecule has 0 fully saturated rings. The maximum atomic E-state index is 12.3. The lowest BCUT2D eigenvalue weighted by molar-refractivity contribution is -0.121. The summed E-state index contributed by atoms with van der Waals surface area (Å²) < 4.78 is 16.4. The number of benzene rings is 1. The van der Waals surface area contributed by atoms with Crippen molar-refractivity contribution in [1.82, 2.24) is 10.5 Å². The molecule has 1 N–H and O–H groups in total. The Balaban J connectivity index is 1.98. The Kier molecular flexibility index (Phi) is 7.06. The second kappa shape index (κ2) is 9.27. The van der Waals surface area contributed by atoms with Crippen molar-refractivity contribution in [2.45, 2.75) is 53.5 Å². The van der Waals surface area contributed by atoms with Gasteiger partial charge in [0.15, 0.2) is 11.5 Å². The van der Waals surface area contributed by atoms with E-state index in [0.29, 0.717) is 31.8 Å². The molecule has 1 aromatic heterocycles. The molecule has 0 aliphatic rings. The van der Waals surface area contributed by atoms with E-state index in [9.17, 15) is 4.79 Å². The number of rotatable bonds is 9. The maximum Gasteiger partial charge on any atom is 0.220 e. The number of nitrogens with zero attached hydrogens (tertiary/aromatic N) is 1. The van der Waals surface area contributed by atoms with E-state index < -0.39 is 0 Å². The Morgan fingerprint density at radius 3 is 2.50 bits per heavy atom. The van der Waals surface area contributed by atoms with Crippen molar-refractivity contribution >= 4 is 5.91 Å². The van der Waals surface area contributed by atoms with Gasteiger partial charge in [0.25, 0.3) is 0 Å². The summed E-state index contributed by atoms with van der Waals surface area (Å²) in [6.07, 6.45) is 1.01. The summed E-state index contributed by atoms with van der Waals surface area (Å²) in [5, 5.41) is 6.95. The van der Waals surface area contributed by atoms with Gasteiger partial charge in [0.1, 0.15) is 5.76 Å². The molecule has 1 aromatic carbocycles. The van der Waals surface area contributed by atoms with E-state index >= 15 is 0 Å². The van der Waals surface area contributed by atoms with E-state index in [1.807, 2.05) is 52.8 Å². The van der Waals surface area contributed by atoms with Gasteiger partial charge in [0, 0.05) is 12.0 Å². The first kappa shape index (κ1) is 19.8. The summed E-state index contributed by atoms with van der Waals surface area (Å²) >= 11 is 0. The number of aryl methyl sites for hydroxylation is 2. The van der Waals surface area contributed by atoms with Crippen LogP contribution in [0.2, 0.25) is 0 Å². The van der Waals surface area contributed by atoms with Crippen LogP contribution in [0.3, 0.4) is 0 Å². The average molecular weight is 360 g/mol. The number of hydrogen-bond acceptors (Lipinski definition) is 5. The topological polar surface area (TPSA) is 73.6 Å². The average Bonchev–Trinajstić information content (AvgIpc) is 2.93. The Morgan fingerprint density at radius 1 is 1.19 bits per heavy atom. The minimum Gasteiger partial charge on any atom is -0.490 e. The fourth-order valence-corrected chi connectivity index (χ4v) is 2.83. The van der Waals surface area contributed by atoms with Crippen LogP contribution in [0.4, 0.5) is 0 Å². The van der Waals surface area contributed by atoms with Crippen molar-refractivity contribution < 1.29 is 18.8 Å². The van der Waals surface area contributed by atoms with Gasteiger partial charge in [0.05, 0.1) is 24.9 Å². The number of hydrogen-bond donors (Lipinski definition) is 1. The molecule has 1 amide bonds. The zero-order chi connectivity index (χ0) is 19.1. The second-order valence-electron chi connectivity index (χ2n) is 6.16. The fraction of sp³-hybridized carbons (Fsp3) is 0.500. The molecule has 1 atom stereocenters. The van der Waals surface area contributed by atoms with Crippen molar-refractivity contribution in [1.29, 1.82) is 0 Å². The molecule has 0 bridgehead atoms. The first-order valence-corrected chi connectivity index (χ1v) is 9.06. The van der Waals surface area contributed by atoms with Crippen LogP contribution in [-0.4, -0.2) is 24.3 Å². The number of carbonyl (C=O) groups excluding carboxylic acids is 1. The van der Waals surface area contributed by atoms with Gasteiger partial charge in [0.2, 0.25) is 5.91 Å². The number of nitrogens with one attached hydrogen (secondary N) is 1. The Labute approximate surface area is 154 Å². The molecule has 2 rings (SSSR count). The number of carbonyl (C=O) groups is 1. The van der Waals surface area contributed by atoms with Crippen LogP contribution in [0.5, 0.6) is 11.5 Å². The Hall–Kier alpha value is -2.50. The van der Waals surface area contributed by atoms with Crippen molar-refractivity contribution in [3.8, 4) is 11.5 Å². The molecule has 0 saturated carbocycles. The van der Waals surface area contributed by atoms with Crippen molar-refractivity contribution in [2.75, 3.05) is 13.2 Å². The molecule has 142 valence electrons. The van der Waals surface area contributed by atoms with E-state index in [2.05, 4.69) is 10.5 Å². The van der Waals surface area contributed by atoms with Crippen molar-refractivity contribution in [3.05, 3.63) is 40.8 Å². The molecule has 0 unspecified atom stereocenters. The summed E-state index contributed by atoms with van der Waals surface area (Å²) in [6, 6.07) is 5.64. The third-order valence-corrected chi connectivity index (χ3v) is 4.23. The molecule has 0 radical (unpaired) electrons. The van der Waals surface area contributed by atoms with Gasteiger partial charge >= 0.3 is 0 Å². The molecule has 0 spiro atoms. The molecule has 0 aliphatic heterocycles. The third-order valence-electron chi connectivity index (χ3n) is 4.23. The predicted molar refractivity (Wildman–Crippen MR) is 99.6 cm³/mol. The summed E-state index contributed by atoms with van der Waals surface area (Å²) in [4.78, 5) is 12.3. The lowest BCUT2D eigenvalue weighted by atomic mass is 10.1. The van der Waals surface area contributed by atoms with E-state index in [-0.39, 0.29) is 11.9 Å². The first-order chi connectivity index (χ1) is 12.5. The lowest BCUT2D eigenvalue weighted by Gasteiger charge is -2.17. The van der Waals surface area contributed by atoms with Gasteiger partial charge in [-0.2, -0.15) is 0 Å². The van der Waals surface area contributed by atoms with Crippen LogP contribution in [-0.2, 0) is 11.2 Å². The molecule has 0 aliphatic carbocycles. The minimum atomic E-state index is -0.123. The van der Waals surface area contributed by atoms with Gasteiger partial charge in [-0.25, -0.2) is 0 Å². The predicted octanol–water partition coefficient (Wildman–Crippen LogP) is 3.90. The summed E-state index contributed by atoms with van der Waals surface area (Å²) in [7, 11) is 0. The number of ether oxygens (including phenoxy) is 2. The highest BCUT2D eigenvalue weighted by atomic mass is 16.5. The highest BCUT2D eigenvalue weighted by molar-refractivity contribution is 5.76. The van der Waals surface area contributed by atoms with Crippen LogP contribution in [0, 0.1) is 13.8 Å². The van der Waals surface area contributed by atoms with E-state index in [0.717, 1.165) is 28.3 Å². The SMILES string of the molecule is CCOc1ccc([C@H](C)NC(=O)CCc2c(C)noc2C)cc1OCC. The standard InChI is InChI=1S/C20H28N2O4/c1-6-24-18-10-8-16(12-19(18)25-7-2)13(3)21-20(23)11-9-17-14(4)22-26-15(17)5/h8,10,12-13H,6-7,9,11H2,1-5H3,(H,21,23)/t13-/m0/s1. The van der Waals surface area contributed by atoms with Crippen molar-refractivity contribution in [2.24, 2.45) is 0 Å². The highest BCUT2D eigenvalue weighted by Crippen LogP contribution is 2.30. The maximum absolute atomic E-state index is 12.3. The summed E-state index contributed by atoms with van der Waals surface area (Å²) in [5.41, 5.74) is 2.83. The van der Waals surface area contributed by atoms with Crippen molar-refractivity contribution in [3.63, 3.8) is 0 Å². The highest BCUT2D eigenvalue weighted by Gasteiger charge is 2.15. The smallest absolute Gasteiger partial charge is 0.220 e. The molecular formula is C20H28N2O4. The normalized spacial score (nSPS) is 11.9. The van der Waals surface area contributed by atoms with Crippen LogP contribution in [0.25, 0.3) is 0 Å². The first-order valence-electron chi connectivity index (χ1n) is 9.06. The molecular weight excluding hydrogens is 332 g/mol. The van der Waals surface area contributed by atoms with Gasteiger partial charge < -0.3 is 19.3 Å². The van der Waals surface area contributed by atoms with E-state index in [1.165, 1.54) is 0 Å². The molecule has 6 heteroatoms. The van der Waals surface area contributed by atoms with Gasteiger partial charge in [-0.05, 0) is 58.7 Å². The minimum absolute atomic E-state index is 0.00987. The quantitative estimate of drug-likeness (QED) is 0.734. The lowest BCUT2D eigenvalue weighted by Crippen LogP contribution is -2.27. The number of amides is 1. The molecule has 6 nitrogen and oxygen atoms in total. The zero-order valence-corrected chi connectivity index (χ0v) is 16.2. The van der Waals surface area contributed by atoms with Gasteiger partial charge in [-0.1, -0.05) is 11.2 Å². The monoisotopic (exact) mass is 360 g/mol. The number of aromatic nitrogens is 1. The van der Waals surface area contributed by atoms with Gasteiger partial charge in [-0.3, -0.25) is 4.79 Å². The largest absolute Gasteiger partial charge is 0.490 e. The summed E-state index contributed by atoms with van der Waals surface area (Å²) in [6.45, 7) is 10.7. The molecule has 0 saturated heterocycles. The molecule has 26 heavy (non-hydrogen) atoms. The Morgan fingerprint density at radius 2 is 1.88 bits per heavy atom. The van der Waals surface area contributed by atoms with Crippen LogP contribution in [0.1, 0.15) is 55.8 Å². The van der Waals surface area contributed by atoms with Gasteiger partial charge in [-0.15, -0.1) is 0 Å². The van der Waals surface area contributed by atoms with E-state index in [1.54, 1.807) is 0 Å². The van der Waals surface area contributed by atoms with Crippen LogP contribution >= 0.6 is 0 Å². The Bertz CT molecular complexity index is 720. The van der Waals surface area contributed by atoms with E-state index in [4.69, 9.17) is 14.0 Å². The fourth-order valence-electron chi connectivity index (χ4n) is 2.83. The second-order valence-corrected chi connectivity index (χ2v) is 6.16. The van der Waals surface area contributed by atoms with Crippen LogP contribution < -0.4 is 14.8 Å². The van der Waals surface area contributed by atoms with Crippen LogP contribution in [0.15, 0.2) is 22.7 Å². The molecule has 1 heterocycles. The zero-order valence-electron chi connectivity index (χ0n) is 16.2.